The Morgan fingerprint density at radius 3 is 2.48 bits per heavy atom. The summed E-state index contributed by atoms with van der Waals surface area (Å²) in [7, 11) is 0. The van der Waals surface area contributed by atoms with Crippen LogP contribution in [0.25, 0.3) is 0 Å². The van der Waals surface area contributed by atoms with Crippen molar-refractivity contribution < 1.29 is 0 Å². The van der Waals surface area contributed by atoms with E-state index in [1.165, 1.54) is 11.1 Å². The molecule has 0 spiro atoms. The fourth-order valence-electron chi connectivity index (χ4n) is 2.25. The van der Waals surface area contributed by atoms with Gasteiger partial charge in [-0.15, -0.1) is 0 Å². The Morgan fingerprint density at radius 2 is 1.70 bits per heavy atom. The minimum atomic E-state index is 0.591. The Kier molecular flexibility index (Phi) is 4.52. The summed E-state index contributed by atoms with van der Waals surface area (Å²) in [4.78, 5) is 8.79. The van der Waals surface area contributed by atoms with Gasteiger partial charge in [-0.1, -0.05) is 48.0 Å². The van der Waals surface area contributed by atoms with Crippen LogP contribution in [0.2, 0.25) is 0 Å². The molecule has 0 fully saturated rings. The van der Waals surface area contributed by atoms with Crippen molar-refractivity contribution in [2.24, 2.45) is 0 Å². The van der Waals surface area contributed by atoms with E-state index < -0.39 is 0 Å². The van der Waals surface area contributed by atoms with Crippen molar-refractivity contribution in [3.8, 4) is 0 Å². The van der Waals surface area contributed by atoms with Gasteiger partial charge in [0, 0.05) is 18.4 Å². The molecular formula is C19H20N4. The molecule has 0 aliphatic heterocycles. The first-order valence-corrected chi connectivity index (χ1v) is 7.66. The second kappa shape index (κ2) is 6.92. The van der Waals surface area contributed by atoms with Gasteiger partial charge < -0.3 is 10.6 Å². The molecule has 23 heavy (non-hydrogen) atoms. The molecule has 0 saturated heterocycles. The molecule has 0 aliphatic carbocycles. The topological polar surface area (TPSA) is 49.8 Å². The molecule has 2 N–H and O–H groups in total. The van der Waals surface area contributed by atoms with Crippen LogP contribution in [0.3, 0.4) is 0 Å². The largest absolute Gasteiger partial charge is 0.366 e. The standard InChI is InChI=1S/C19H20N4/c1-14-7-9-16(10-8-14)13-21-18-11-12-20-19(23-18)22-17-6-4-3-5-15(17)2/h3-12H,13H2,1-2H3,(H2,20,21,22,23). The van der Waals surface area contributed by atoms with E-state index >= 15 is 0 Å². The summed E-state index contributed by atoms with van der Waals surface area (Å²) in [6, 6.07) is 18.4. The molecule has 1 heterocycles. The van der Waals surface area contributed by atoms with Crippen molar-refractivity contribution in [1.29, 1.82) is 0 Å². The summed E-state index contributed by atoms with van der Waals surface area (Å²) < 4.78 is 0. The molecule has 0 atom stereocenters. The number of nitrogens with one attached hydrogen (secondary N) is 2. The molecular weight excluding hydrogens is 284 g/mol. The first kappa shape index (κ1) is 15.0. The monoisotopic (exact) mass is 304 g/mol. The lowest BCUT2D eigenvalue weighted by Crippen LogP contribution is -2.04. The zero-order chi connectivity index (χ0) is 16.1. The Bertz CT molecular complexity index is 781. The van der Waals surface area contributed by atoms with Crippen molar-refractivity contribution in [3.63, 3.8) is 0 Å². The molecule has 0 radical (unpaired) electrons. The van der Waals surface area contributed by atoms with Gasteiger partial charge in [0.2, 0.25) is 5.95 Å². The van der Waals surface area contributed by atoms with E-state index in [1.54, 1.807) is 6.20 Å². The van der Waals surface area contributed by atoms with E-state index in [4.69, 9.17) is 0 Å². The fraction of sp³-hybridized carbons (Fsp3) is 0.158. The highest BCUT2D eigenvalue weighted by Gasteiger charge is 2.02. The molecule has 4 heteroatoms. The predicted octanol–water partition coefficient (Wildman–Crippen LogP) is 4.45. The number of anilines is 3. The van der Waals surface area contributed by atoms with E-state index in [9.17, 15) is 0 Å². The third kappa shape index (κ3) is 4.07. The van der Waals surface area contributed by atoms with Crippen molar-refractivity contribution >= 4 is 17.5 Å². The van der Waals surface area contributed by atoms with E-state index in [0.29, 0.717) is 5.95 Å². The zero-order valence-electron chi connectivity index (χ0n) is 13.4. The smallest absolute Gasteiger partial charge is 0.229 e. The molecule has 1 aromatic heterocycles. The second-order valence-corrected chi connectivity index (χ2v) is 5.54. The first-order chi connectivity index (χ1) is 11.2. The first-order valence-electron chi connectivity index (χ1n) is 7.66. The lowest BCUT2D eigenvalue weighted by atomic mass is 10.1. The van der Waals surface area contributed by atoms with Gasteiger partial charge >= 0.3 is 0 Å². The highest BCUT2D eigenvalue weighted by Crippen LogP contribution is 2.18. The van der Waals surface area contributed by atoms with E-state index in [1.807, 2.05) is 24.3 Å². The van der Waals surface area contributed by atoms with Crippen LogP contribution in [0.5, 0.6) is 0 Å². The van der Waals surface area contributed by atoms with Crippen molar-refractivity contribution in [2.45, 2.75) is 20.4 Å². The highest BCUT2D eigenvalue weighted by atomic mass is 15.1. The van der Waals surface area contributed by atoms with Crippen LogP contribution < -0.4 is 10.6 Å². The van der Waals surface area contributed by atoms with Crippen molar-refractivity contribution in [2.75, 3.05) is 10.6 Å². The maximum atomic E-state index is 4.51. The van der Waals surface area contributed by atoms with Gasteiger partial charge in [-0.3, -0.25) is 0 Å². The number of aromatic nitrogens is 2. The highest BCUT2D eigenvalue weighted by molar-refractivity contribution is 5.58. The average Bonchev–Trinajstić information content (AvgIpc) is 2.57. The number of hydrogen-bond acceptors (Lipinski definition) is 4. The van der Waals surface area contributed by atoms with E-state index in [-0.39, 0.29) is 0 Å². The molecule has 3 aromatic rings. The molecule has 0 bridgehead atoms. The van der Waals surface area contributed by atoms with Gasteiger partial charge in [-0.05, 0) is 37.1 Å². The van der Waals surface area contributed by atoms with Crippen LogP contribution in [0.4, 0.5) is 17.5 Å². The zero-order valence-corrected chi connectivity index (χ0v) is 13.4. The van der Waals surface area contributed by atoms with Gasteiger partial charge in [0.05, 0.1) is 0 Å². The van der Waals surface area contributed by atoms with Gasteiger partial charge in [-0.2, -0.15) is 4.98 Å². The lowest BCUT2D eigenvalue weighted by molar-refractivity contribution is 1.08. The van der Waals surface area contributed by atoms with E-state index in [2.05, 4.69) is 64.8 Å². The maximum absolute atomic E-state index is 4.51. The van der Waals surface area contributed by atoms with Gasteiger partial charge in [0.15, 0.2) is 0 Å². The van der Waals surface area contributed by atoms with Gasteiger partial charge in [0.25, 0.3) is 0 Å². The minimum absolute atomic E-state index is 0.591. The summed E-state index contributed by atoms with van der Waals surface area (Å²) >= 11 is 0. The Balaban J connectivity index is 1.67. The lowest BCUT2D eigenvalue weighted by Gasteiger charge is -2.10. The Labute approximate surface area is 136 Å². The normalized spacial score (nSPS) is 10.3. The van der Waals surface area contributed by atoms with E-state index in [0.717, 1.165) is 23.6 Å². The molecule has 2 aromatic carbocycles. The molecule has 0 saturated carbocycles. The third-order valence-electron chi connectivity index (χ3n) is 3.64. The number of hydrogen-bond donors (Lipinski definition) is 2. The Morgan fingerprint density at radius 1 is 0.913 bits per heavy atom. The minimum Gasteiger partial charge on any atom is -0.366 e. The second-order valence-electron chi connectivity index (χ2n) is 5.54. The molecule has 0 aliphatic rings. The molecule has 0 amide bonds. The number of para-hydroxylation sites is 1. The van der Waals surface area contributed by atoms with Gasteiger partial charge in [-0.25, -0.2) is 4.98 Å². The quantitative estimate of drug-likeness (QED) is 0.731. The van der Waals surface area contributed by atoms with Crippen LogP contribution in [-0.2, 0) is 6.54 Å². The Hall–Kier alpha value is -2.88. The average molecular weight is 304 g/mol. The number of benzene rings is 2. The summed E-state index contributed by atoms with van der Waals surface area (Å²) in [5.74, 6) is 1.39. The third-order valence-corrected chi connectivity index (χ3v) is 3.64. The number of aryl methyl sites for hydroxylation is 2. The summed E-state index contributed by atoms with van der Waals surface area (Å²) in [6.45, 7) is 4.88. The van der Waals surface area contributed by atoms with Crippen LogP contribution in [0.15, 0.2) is 60.8 Å². The number of rotatable bonds is 5. The molecule has 116 valence electrons. The fourth-order valence-corrected chi connectivity index (χ4v) is 2.25. The summed E-state index contributed by atoms with van der Waals surface area (Å²) in [5, 5.41) is 6.59. The van der Waals surface area contributed by atoms with Crippen LogP contribution in [0, 0.1) is 13.8 Å². The molecule has 0 unspecified atom stereocenters. The van der Waals surface area contributed by atoms with Crippen LogP contribution in [0.1, 0.15) is 16.7 Å². The van der Waals surface area contributed by atoms with Crippen molar-refractivity contribution in [1.82, 2.24) is 9.97 Å². The predicted molar refractivity (Wildman–Crippen MR) is 95.0 cm³/mol. The van der Waals surface area contributed by atoms with Gasteiger partial charge in [0.1, 0.15) is 5.82 Å². The number of nitrogens with zero attached hydrogens (tertiary/aromatic N) is 2. The summed E-state index contributed by atoms with van der Waals surface area (Å²) in [5.41, 5.74) is 4.67. The SMILES string of the molecule is Cc1ccc(CNc2ccnc(Nc3ccccc3C)n2)cc1. The van der Waals surface area contributed by atoms with Crippen LogP contribution >= 0.6 is 0 Å². The van der Waals surface area contributed by atoms with Crippen LogP contribution in [-0.4, -0.2) is 9.97 Å². The molecule has 3 rings (SSSR count). The molecule has 4 nitrogen and oxygen atoms in total. The van der Waals surface area contributed by atoms with Crippen molar-refractivity contribution in [3.05, 3.63) is 77.5 Å². The summed E-state index contributed by atoms with van der Waals surface area (Å²) in [6.07, 6.45) is 1.76. The maximum Gasteiger partial charge on any atom is 0.229 e.